The monoisotopic (exact) mass is 594 g/mol. The Kier molecular flexibility index (Phi) is 8.78. The second-order valence-corrected chi connectivity index (χ2v) is 11.2. The molecule has 0 saturated carbocycles. The van der Waals surface area contributed by atoms with Crippen molar-refractivity contribution in [3.05, 3.63) is 54.6 Å². The fraction of sp³-hybridized carbons (Fsp3) is 0.519. The highest BCUT2D eigenvalue weighted by molar-refractivity contribution is 9.09. The Morgan fingerprint density at radius 3 is 2.65 bits per heavy atom. The summed E-state index contributed by atoms with van der Waals surface area (Å²) in [5.41, 5.74) is -0.594. The second-order valence-electron chi connectivity index (χ2n) is 9.58. The number of unbranched alkanes of at least 4 members (excludes halogenated alkanes) is 1. The van der Waals surface area contributed by atoms with Gasteiger partial charge in [-0.05, 0) is 49.9 Å². The summed E-state index contributed by atoms with van der Waals surface area (Å²) in [5, 5.41) is 10.0. The predicted molar refractivity (Wildman–Crippen MR) is 144 cm³/mol. The van der Waals surface area contributed by atoms with Crippen molar-refractivity contribution in [3.63, 3.8) is 0 Å². The average Bonchev–Trinajstić information content (AvgIpc) is 3.47. The van der Waals surface area contributed by atoms with Crippen LogP contribution < -0.4 is 4.90 Å². The SMILES string of the molecule is C=CCCCOC(=O)[C@H]1[C@H]2C(=O)N(CCCO)C(C(=O)N(CC=C)c3ccc(Cl)cc3)C23CC(Br)[C@@H]1O3. The lowest BCUT2D eigenvalue weighted by Crippen LogP contribution is -2.57. The highest BCUT2D eigenvalue weighted by atomic mass is 79.9. The van der Waals surface area contributed by atoms with Crippen molar-refractivity contribution in [3.8, 4) is 0 Å². The number of hydrogen-bond acceptors (Lipinski definition) is 6. The Bertz CT molecular complexity index is 1050. The zero-order chi connectivity index (χ0) is 26.7. The first-order valence-corrected chi connectivity index (χ1v) is 13.8. The number of rotatable bonds is 12. The van der Waals surface area contributed by atoms with Crippen molar-refractivity contribution in [2.75, 3.05) is 31.2 Å². The number of esters is 1. The maximum atomic E-state index is 14.3. The van der Waals surface area contributed by atoms with Gasteiger partial charge in [-0.25, -0.2) is 0 Å². The zero-order valence-electron chi connectivity index (χ0n) is 20.6. The summed E-state index contributed by atoms with van der Waals surface area (Å²) in [4.78, 5) is 44.2. The Hall–Kier alpha value is -2.20. The minimum Gasteiger partial charge on any atom is -0.465 e. The Morgan fingerprint density at radius 2 is 2.00 bits per heavy atom. The summed E-state index contributed by atoms with van der Waals surface area (Å²) < 4.78 is 12.0. The van der Waals surface area contributed by atoms with Crippen LogP contribution in [0.4, 0.5) is 5.69 Å². The van der Waals surface area contributed by atoms with Gasteiger partial charge in [0.2, 0.25) is 5.91 Å². The molecule has 3 unspecified atom stereocenters. The highest BCUT2D eigenvalue weighted by Crippen LogP contribution is 2.60. The molecular formula is C27H32BrClN2O6. The van der Waals surface area contributed by atoms with E-state index in [4.69, 9.17) is 21.1 Å². The molecule has 4 rings (SSSR count). The van der Waals surface area contributed by atoms with Gasteiger partial charge in [0, 0.05) is 35.2 Å². The van der Waals surface area contributed by atoms with Crippen molar-refractivity contribution in [2.45, 2.75) is 48.3 Å². The van der Waals surface area contributed by atoms with E-state index in [1.54, 1.807) is 41.3 Å². The third kappa shape index (κ3) is 4.99. The molecular weight excluding hydrogens is 564 g/mol. The van der Waals surface area contributed by atoms with Crippen LogP contribution in [0.5, 0.6) is 0 Å². The van der Waals surface area contributed by atoms with Crippen molar-refractivity contribution < 1.29 is 29.0 Å². The number of carbonyl (C=O) groups excluding carboxylic acids is 3. The number of hydrogen-bond donors (Lipinski definition) is 1. The van der Waals surface area contributed by atoms with Crippen LogP contribution in [0.1, 0.15) is 25.7 Å². The van der Waals surface area contributed by atoms with Gasteiger partial charge < -0.3 is 24.4 Å². The molecule has 10 heteroatoms. The van der Waals surface area contributed by atoms with Crippen molar-refractivity contribution >= 4 is 51.0 Å². The molecule has 3 aliphatic rings. The van der Waals surface area contributed by atoms with Crippen LogP contribution in [0.2, 0.25) is 5.02 Å². The number of anilines is 1. The predicted octanol–water partition coefficient (Wildman–Crippen LogP) is 3.50. The summed E-state index contributed by atoms with van der Waals surface area (Å²) in [6.07, 6.45) is 4.81. The van der Waals surface area contributed by atoms with Gasteiger partial charge in [-0.2, -0.15) is 0 Å². The zero-order valence-corrected chi connectivity index (χ0v) is 22.9. The molecule has 1 aromatic carbocycles. The fourth-order valence-electron chi connectivity index (χ4n) is 5.88. The summed E-state index contributed by atoms with van der Waals surface area (Å²) in [5.74, 6) is -2.82. The molecule has 1 spiro atoms. The number of benzene rings is 1. The van der Waals surface area contributed by atoms with Gasteiger partial charge in [0.25, 0.3) is 5.91 Å². The molecule has 3 fully saturated rings. The molecule has 0 aliphatic carbocycles. The normalized spacial score (nSPS) is 29.8. The smallest absolute Gasteiger partial charge is 0.312 e. The summed E-state index contributed by atoms with van der Waals surface area (Å²) >= 11 is 9.71. The van der Waals surface area contributed by atoms with E-state index in [1.807, 2.05) is 0 Å². The summed E-state index contributed by atoms with van der Waals surface area (Å²) in [7, 11) is 0. The molecule has 8 nitrogen and oxygen atoms in total. The number of nitrogens with zero attached hydrogens (tertiary/aromatic N) is 2. The van der Waals surface area contributed by atoms with Gasteiger partial charge in [-0.1, -0.05) is 39.7 Å². The fourth-order valence-corrected chi connectivity index (χ4v) is 6.95. The number of aliphatic hydroxyl groups is 1. The molecule has 3 saturated heterocycles. The first-order chi connectivity index (χ1) is 17.8. The van der Waals surface area contributed by atoms with E-state index in [0.717, 1.165) is 0 Å². The molecule has 2 bridgehead atoms. The topological polar surface area (TPSA) is 96.4 Å². The largest absolute Gasteiger partial charge is 0.465 e. The Morgan fingerprint density at radius 1 is 1.27 bits per heavy atom. The van der Waals surface area contributed by atoms with Crippen molar-refractivity contribution in [1.82, 2.24) is 4.90 Å². The van der Waals surface area contributed by atoms with Crippen molar-refractivity contribution in [1.29, 1.82) is 0 Å². The maximum Gasteiger partial charge on any atom is 0.312 e. The van der Waals surface area contributed by atoms with Gasteiger partial charge in [-0.15, -0.1) is 13.2 Å². The van der Waals surface area contributed by atoms with Gasteiger partial charge in [0.15, 0.2) is 0 Å². The lowest BCUT2D eigenvalue weighted by atomic mass is 9.70. The first-order valence-electron chi connectivity index (χ1n) is 12.5. The molecule has 0 radical (unpaired) electrons. The minimum absolute atomic E-state index is 0.144. The first kappa shape index (κ1) is 27.8. The van der Waals surface area contributed by atoms with Crippen LogP contribution in [-0.4, -0.2) is 76.7 Å². The van der Waals surface area contributed by atoms with Crippen molar-refractivity contribution in [2.24, 2.45) is 11.8 Å². The third-order valence-electron chi connectivity index (χ3n) is 7.37. The van der Waals surface area contributed by atoms with E-state index in [9.17, 15) is 19.5 Å². The number of fused-ring (bicyclic) bond motifs is 1. The maximum absolute atomic E-state index is 14.3. The number of alkyl halides is 1. The average molecular weight is 596 g/mol. The van der Waals surface area contributed by atoms with Crippen LogP contribution >= 0.6 is 27.5 Å². The van der Waals surface area contributed by atoms with Gasteiger partial charge in [0.05, 0.1) is 24.5 Å². The number of aliphatic hydroxyl groups excluding tert-OH is 1. The molecule has 37 heavy (non-hydrogen) atoms. The number of allylic oxidation sites excluding steroid dienone is 1. The van der Waals surface area contributed by atoms with Crippen LogP contribution in [0.15, 0.2) is 49.6 Å². The molecule has 1 aromatic rings. The Labute approximate surface area is 230 Å². The molecule has 6 atom stereocenters. The van der Waals surface area contributed by atoms with Gasteiger partial charge >= 0.3 is 5.97 Å². The lowest BCUT2D eigenvalue weighted by Gasteiger charge is -2.37. The number of ether oxygens (including phenoxy) is 2. The number of likely N-dealkylation sites (tertiary alicyclic amines) is 1. The molecule has 3 heterocycles. The number of carbonyl (C=O) groups is 3. The molecule has 200 valence electrons. The molecule has 2 amide bonds. The molecule has 3 aliphatic heterocycles. The van der Waals surface area contributed by atoms with E-state index in [0.29, 0.717) is 36.4 Å². The van der Waals surface area contributed by atoms with E-state index in [2.05, 4.69) is 29.1 Å². The van der Waals surface area contributed by atoms with Crippen LogP contribution in [0.25, 0.3) is 0 Å². The minimum atomic E-state index is -1.20. The van der Waals surface area contributed by atoms with E-state index >= 15 is 0 Å². The van der Waals surface area contributed by atoms with E-state index in [-0.39, 0.29) is 42.9 Å². The second kappa shape index (κ2) is 11.7. The quantitative estimate of drug-likeness (QED) is 0.172. The standard InChI is InChI=1S/C27H32BrClN2O6/c1-3-5-6-15-36-26(35)20-21-24(33)31(13-7-14-32)23(27(21)16-19(28)22(20)37-27)25(34)30(12-4-2)18-10-8-17(29)9-11-18/h3-4,8-11,19-23,32H,1-2,5-7,12-16H2/t19?,20-,21-,22-,23?,27?/m0/s1. The summed E-state index contributed by atoms with van der Waals surface area (Å²) in [6.45, 7) is 7.91. The molecule has 1 N–H and O–H groups in total. The summed E-state index contributed by atoms with van der Waals surface area (Å²) in [6, 6.07) is 5.87. The van der Waals surface area contributed by atoms with E-state index in [1.165, 1.54) is 4.90 Å². The highest BCUT2D eigenvalue weighted by Gasteiger charge is 2.77. The van der Waals surface area contributed by atoms with Crippen LogP contribution in [-0.2, 0) is 23.9 Å². The lowest BCUT2D eigenvalue weighted by molar-refractivity contribution is -0.155. The third-order valence-corrected chi connectivity index (χ3v) is 8.46. The van der Waals surface area contributed by atoms with Crippen LogP contribution in [0, 0.1) is 11.8 Å². The molecule has 0 aromatic heterocycles. The number of amides is 2. The Balaban J connectivity index is 1.71. The van der Waals surface area contributed by atoms with E-state index < -0.39 is 35.6 Å². The number of halogens is 2. The van der Waals surface area contributed by atoms with Gasteiger partial charge in [-0.3, -0.25) is 14.4 Å². The van der Waals surface area contributed by atoms with Crippen LogP contribution in [0.3, 0.4) is 0 Å². The van der Waals surface area contributed by atoms with Gasteiger partial charge in [0.1, 0.15) is 11.6 Å².